The van der Waals surface area contributed by atoms with Crippen LogP contribution in [0.15, 0.2) is 18.2 Å². The summed E-state index contributed by atoms with van der Waals surface area (Å²) in [6.07, 6.45) is 0.940. The van der Waals surface area contributed by atoms with Crippen molar-refractivity contribution >= 4 is 5.97 Å². The molecule has 1 fully saturated rings. The number of methoxy groups -OCH3 is 1. The highest BCUT2D eigenvalue weighted by molar-refractivity contribution is 5.89. The molecule has 1 unspecified atom stereocenters. The van der Waals surface area contributed by atoms with Crippen molar-refractivity contribution in [2.75, 3.05) is 20.3 Å². The first kappa shape index (κ1) is 14.0. The van der Waals surface area contributed by atoms with Gasteiger partial charge in [-0.2, -0.15) is 0 Å². The minimum absolute atomic E-state index is 0.0401. The largest absolute Gasteiger partial charge is 0.465 e. The zero-order valence-corrected chi connectivity index (χ0v) is 11.2. The Morgan fingerprint density at radius 1 is 1.58 bits per heavy atom. The molecule has 4 nitrogen and oxygen atoms in total. The van der Waals surface area contributed by atoms with Gasteiger partial charge in [-0.3, -0.25) is 0 Å². The molecule has 19 heavy (non-hydrogen) atoms. The highest BCUT2D eigenvalue weighted by Crippen LogP contribution is 2.19. The van der Waals surface area contributed by atoms with E-state index in [1.807, 2.05) is 0 Å². The molecule has 1 saturated heterocycles. The van der Waals surface area contributed by atoms with Crippen LogP contribution in [-0.2, 0) is 16.0 Å². The second-order valence-electron chi connectivity index (χ2n) is 5.02. The summed E-state index contributed by atoms with van der Waals surface area (Å²) in [6, 6.07) is 4.53. The topological polar surface area (TPSA) is 47.6 Å². The van der Waals surface area contributed by atoms with Crippen LogP contribution in [0.3, 0.4) is 0 Å². The Hall–Kier alpha value is -1.46. The number of nitrogens with one attached hydrogen (secondary N) is 1. The number of hydrogen-bond donors (Lipinski definition) is 1. The van der Waals surface area contributed by atoms with Crippen LogP contribution in [0.5, 0.6) is 0 Å². The average Bonchev–Trinajstić information content (AvgIpc) is 2.83. The Morgan fingerprint density at radius 3 is 2.95 bits per heavy atom. The SMILES string of the molecule is COC(=O)c1ccc(CNC2(C)CCOC2)cc1F. The Labute approximate surface area is 111 Å². The molecule has 0 saturated carbocycles. The van der Waals surface area contributed by atoms with Crippen molar-refractivity contribution in [3.05, 3.63) is 35.1 Å². The molecule has 1 aliphatic heterocycles. The van der Waals surface area contributed by atoms with E-state index in [1.165, 1.54) is 19.2 Å². The number of esters is 1. The molecule has 1 aliphatic rings. The first-order chi connectivity index (χ1) is 9.04. The van der Waals surface area contributed by atoms with Gasteiger partial charge in [0.2, 0.25) is 0 Å². The smallest absolute Gasteiger partial charge is 0.340 e. The van der Waals surface area contributed by atoms with Crippen molar-refractivity contribution in [1.29, 1.82) is 0 Å². The van der Waals surface area contributed by atoms with E-state index >= 15 is 0 Å². The van der Waals surface area contributed by atoms with Crippen LogP contribution in [0.1, 0.15) is 29.3 Å². The molecule has 0 spiro atoms. The number of rotatable bonds is 4. The van der Waals surface area contributed by atoms with Gasteiger partial charge in [-0.15, -0.1) is 0 Å². The summed E-state index contributed by atoms with van der Waals surface area (Å²) in [4.78, 5) is 11.3. The third kappa shape index (κ3) is 3.30. The molecular formula is C14H18FNO3. The van der Waals surface area contributed by atoms with Crippen LogP contribution in [0.2, 0.25) is 0 Å². The molecule has 1 aromatic rings. The van der Waals surface area contributed by atoms with Gasteiger partial charge in [0.05, 0.1) is 19.3 Å². The number of halogens is 1. The molecule has 1 heterocycles. The van der Waals surface area contributed by atoms with Crippen LogP contribution >= 0.6 is 0 Å². The van der Waals surface area contributed by atoms with Crippen molar-refractivity contribution in [2.45, 2.75) is 25.4 Å². The Balaban J connectivity index is 2.02. The van der Waals surface area contributed by atoms with E-state index in [-0.39, 0.29) is 11.1 Å². The minimum atomic E-state index is -0.659. The molecular weight excluding hydrogens is 249 g/mol. The molecule has 1 aromatic carbocycles. The van der Waals surface area contributed by atoms with Gasteiger partial charge in [0.25, 0.3) is 0 Å². The van der Waals surface area contributed by atoms with Crippen LogP contribution in [0, 0.1) is 5.82 Å². The second-order valence-corrected chi connectivity index (χ2v) is 5.02. The molecule has 0 bridgehead atoms. The maximum absolute atomic E-state index is 13.7. The Morgan fingerprint density at radius 2 is 2.37 bits per heavy atom. The molecule has 1 N–H and O–H groups in total. The van der Waals surface area contributed by atoms with Crippen molar-refractivity contribution in [3.8, 4) is 0 Å². The van der Waals surface area contributed by atoms with Gasteiger partial charge in [0, 0.05) is 18.7 Å². The summed E-state index contributed by atoms with van der Waals surface area (Å²) in [6.45, 7) is 4.03. The third-order valence-electron chi connectivity index (χ3n) is 3.38. The van der Waals surface area contributed by atoms with Gasteiger partial charge in [-0.05, 0) is 31.0 Å². The first-order valence-corrected chi connectivity index (χ1v) is 6.24. The van der Waals surface area contributed by atoms with E-state index < -0.39 is 11.8 Å². The van der Waals surface area contributed by atoms with Gasteiger partial charge < -0.3 is 14.8 Å². The number of carbonyl (C=O) groups is 1. The maximum atomic E-state index is 13.7. The number of ether oxygens (including phenoxy) is 2. The summed E-state index contributed by atoms with van der Waals surface area (Å²) in [5.74, 6) is -1.22. The van der Waals surface area contributed by atoms with E-state index in [4.69, 9.17) is 4.74 Å². The van der Waals surface area contributed by atoms with Gasteiger partial charge in [0.15, 0.2) is 0 Å². The molecule has 0 radical (unpaired) electrons. The van der Waals surface area contributed by atoms with E-state index in [9.17, 15) is 9.18 Å². The normalized spacial score (nSPS) is 22.5. The summed E-state index contributed by atoms with van der Waals surface area (Å²) in [7, 11) is 1.23. The summed E-state index contributed by atoms with van der Waals surface area (Å²) in [5.41, 5.74) is 0.692. The van der Waals surface area contributed by atoms with Crippen LogP contribution in [0.4, 0.5) is 4.39 Å². The zero-order valence-electron chi connectivity index (χ0n) is 11.2. The van der Waals surface area contributed by atoms with Gasteiger partial charge in [-0.25, -0.2) is 9.18 Å². The highest BCUT2D eigenvalue weighted by Gasteiger charge is 2.28. The molecule has 1 atom stereocenters. The van der Waals surface area contributed by atoms with Gasteiger partial charge in [-0.1, -0.05) is 6.07 Å². The number of benzene rings is 1. The predicted molar refractivity (Wildman–Crippen MR) is 68.4 cm³/mol. The molecule has 2 rings (SSSR count). The molecule has 0 aromatic heterocycles. The zero-order chi connectivity index (χ0) is 13.9. The Kier molecular flexibility index (Phi) is 4.17. The number of hydrogen-bond acceptors (Lipinski definition) is 4. The van der Waals surface area contributed by atoms with E-state index in [0.717, 1.165) is 18.6 Å². The fraction of sp³-hybridized carbons (Fsp3) is 0.500. The van der Waals surface area contributed by atoms with E-state index in [2.05, 4.69) is 17.0 Å². The van der Waals surface area contributed by atoms with Crippen LogP contribution in [-0.4, -0.2) is 31.8 Å². The third-order valence-corrected chi connectivity index (χ3v) is 3.38. The van der Waals surface area contributed by atoms with Crippen LogP contribution < -0.4 is 5.32 Å². The van der Waals surface area contributed by atoms with E-state index in [0.29, 0.717) is 13.2 Å². The predicted octanol–water partition coefficient (Wildman–Crippen LogP) is 1.88. The Bertz CT molecular complexity index is 470. The lowest BCUT2D eigenvalue weighted by atomic mass is 10.0. The average molecular weight is 267 g/mol. The summed E-state index contributed by atoms with van der Waals surface area (Å²) < 4.78 is 23.6. The van der Waals surface area contributed by atoms with Crippen molar-refractivity contribution in [1.82, 2.24) is 5.32 Å². The maximum Gasteiger partial charge on any atom is 0.340 e. The highest BCUT2D eigenvalue weighted by atomic mass is 19.1. The van der Waals surface area contributed by atoms with Crippen molar-refractivity contribution < 1.29 is 18.7 Å². The van der Waals surface area contributed by atoms with Crippen LogP contribution in [0.25, 0.3) is 0 Å². The van der Waals surface area contributed by atoms with Gasteiger partial charge >= 0.3 is 5.97 Å². The lowest BCUT2D eigenvalue weighted by Crippen LogP contribution is -2.42. The molecule has 0 aliphatic carbocycles. The lowest BCUT2D eigenvalue weighted by molar-refractivity contribution is 0.0595. The fourth-order valence-electron chi connectivity index (χ4n) is 2.07. The summed E-state index contributed by atoms with van der Waals surface area (Å²) in [5, 5.41) is 3.36. The van der Waals surface area contributed by atoms with E-state index in [1.54, 1.807) is 6.07 Å². The second kappa shape index (κ2) is 5.67. The standard InChI is InChI=1S/C14H18FNO3/c1-14(5-6-19-9-14)16-8-10-3-4-11(12(15)7-10)13(17)18-2/h3-4,7,16H,5-6,8-9H2,1-2H3. The fourth-order valence-corrected chi connectivity index (χ4v) is 2.07. The van der Waals surface area contributed by atoms with Crippen molar-refractivity contribution in [2.24, 2.45) is 0 Å². The number of carbonyl (C=O) groups excluding carboxylic acids is 1. The lowest BCUT2D eigenvalue weighted by Gasteiger charge is -2.23. The first-order valence-electron chi connectivity index (χ1n) is 6.24. The molecule has 5 heteroatoms. The molecule has 0 amide bonds. The minimum Gasteiger partial charge on any atom is -0.465 e. The quantitative estimate of drug-likeness (QED) is 0.846. The monoisotopic (exact) mass is 267 g/mol. The molecule has 104 valence electrons. The van der Waals surface area contributed by atoms with Crippen molar-refractivity contribution in [3.63, 3.8) is 0 Å². The summed E-state index contributed by atoms with van der Waals surface area (Å²) >= 11 is 0. The van der Waals surface area contributed by atoms with Gasteiger partial charge in [0.1, 0.15) is 5.82 Å².